The summed E-state index contributed by atoms with van der Waals surface area (Å²) in [6.45, 7) is 3.84. The zero-order valence-electron chi connectivity index (χ0n) is 7.19. The second-order valence-electron chi connectivity index (χ2n) is 2.79. The van der Waals surface area contributed by atoms with Crippen LogP contribution in [-0.4, -0.2) is 6.79 Å². The minimum atomic E-state index is -0.733. The highest BCUT2D eigenvalue weighted by molar-refractivity contribution is 5.25. The van der Waals surface area contributed by atoms with Gasteiger partial charge in [0.2, 0.25) is 5.79 Å². The van der Waals surface area contributed by atoms with E-state index in [0.29, 0.717) is 6.79 Å². The minimum absolute atomic E-state index is 0.326. The third-order valence-electron chi connectivity index (χ3n) is 2.01. The highest BCUT2D eigenvalue weighted by atomic mass is 16.9. The summed E-state index contributed by atoms with van der Waals surface area (Å²) in [6.07, 6.45) is 1.69. The highest BCUT2D eigenvalue weighted by Gasteiger charge is 2.39. The smallest absolute Gasteiger partial charge is 0.226 e. The van der Waals surface area contributed by atoms with Gasteiger partial charge in [-0.15, -0.1) is 5.73 Å². The zero-order valence-corrected chi connectivity index (χ0v) is 7.19. The Morgan fingerprint density at radius 2 is 2.00 bits per heavy atom. The summed E-state index contributed by atoms with van der Waals surface area (Å²) >= 11 is 0. The third-order valence-corrected chi connectivity index (χ3v) is 2.01. The van der Waals surface area contributed by atoms with Gasteiger partial charge in [0, 0.05) is 11.6 Å². The first-order valence-corrected chi connectivity index (χ1v) is 4.08. The number of benzene rings is 1. The predicted octanol–water partition coefficient (Wildman–Crippen LogP) is 2.18. The van der Waals surface area contributed by atoms with Gasteiger partial charge in [-0.1, -0.05) is 36.9 Å². The maximum atomic E-state index is 5.36. The maximum absolute atomic E-state index is 5.36. The van der Waals surface area contributed by atoms with Crippen LogP contribution >= 0.6 is 0 Å². The second-order valence-corrected chi connectivity index (χ2v) is 2.79. The Morgan fingerprint density at radius 3 is 2.46 bits per heavy atom. The van der Waals surface area contributed by atoms with Crippen LogP contribution in [-0.2, 0) is 15.3 Å². The summed E-state index contributed by atoms with van der Waals surface area (Å²) in [6, 6.07) is 9.74. The molecule has 1 heterocycles. The van der Waals surface area contributed by atoms with Crippen LogP contribution in [0, 0.1) is 0 Å². The van der Waals surface area contributed by atoms with Crippen LogP contribution < -0.4 is 0 Å². The molecule has 2 nitrogen and oxygen atoms in total. The highest BCUT2D eigenvalue weighted by Crippen LogP contribution is 2.35. The van der Waals surface area contributed by atoms with Gasteiger partial charge in [-0.2, -0.15) is 0 Å². The fourth-order valence-electron chi connectivity index (χ4n) is 1.32. The molecule has 0 amide bonds. The Balaban J connectivity index is 2.37. The van der Waals surface area contributed by atoms with E-state index in [1.165, 1.54) is 0 Å². The lowest BCUT2D eigenvalue weighted by Crippen LogP contribution is -2.41. The van der Waals surface area contributed by atoms with Gasteiger partial charge in [0.05, 0.1) is 0 Å². The summed E-state index contributed by atoms with van der Waals surface area (Å²) in [5.41, 5.74) is 3.65. The van der Waals surface area contributed by atoms with Crippen LogP contribution in [0.25, 0.3) is 0 Å². The summed E-state index contributed by atoms with van der Waals surface area (Å²) in [4.78, 5) is 0. The molecule has 1 saturated heterocycles. The molecule has 2 rings (SSSR count). The molecular formula is C11H10O2. The van der Waals surface area contributed by atoms with Crippen LogP contribution in [0.2, 0.25) is 0 Å². The third kappa shape index (κ3) is 1.31. The van der Waals surface area contributed by atoms with Crippen molar-refractivity contribution in [2.75, 3.05) is 6.79 Å². The standard InChI is InChI=1S/C11H10O2/c1-2-8-11(12-9-13-11)10-6-4-3-5-7-10/h3-8H,1,9H2. The van der Waals surface area contributed by atoms with E-state index in [2.05, 4.69) is 12.3 Å². The van der Waals surface area contributed by atoms with Crippen molar-refractivity contribution in [2.45, 2.75) is 5.79 Å². The first kappa shape index (κ1) is 8.27. The molecule has 0 N–H and O–H groups in total. The summed E-state index contributed by atoms with van der Waals surface area (Å²) in [7, 11) is 0. The molecule has 2 heteroatoms. The molecule has 0 unspecified atom stereocenters. The van der Waals surface area contributed by atoms with Crippen molar-refractivity contribution in [3.63, 3.8) is 0 Å². The zero-order chi connectivity index (χ0) is 9.15. The van der Waals surface area contributed by atoms with Gasteiger partial charge < -0.3 is 9.47 Å². The molecule has 1 aliphatic rings. The van der Waals surface area contributed by atoms with Crippen LogP contribution in [0.3, 0.4) is 0 Å². The SMILES string of the molecule is C=C=CC1(c2ccccc2)OCO1. The van der Waals surface area contributed by atoms with E-state index in [1.807, 2.05) is 30.3 Å². The van der Waals surface area contributed by atoms with Crippen LogP contribution in [0.15, 0.2) is 48.7 Å². The fraction of sp³-hybridized carbons (Fsp3) is 0.182. The van der Waals surface area contributed by atoms with Gasteiger partial charge in [0.15, 0.2) is 6.79 Å². The largest absolute Gasteiger partial charge is 0.315 e. The molecule has 13 heavy (non-hydrogen) atoms. The Kier molecular flexibility index (Phi) is 2.03. The number of rotatable bonds is 2. The van der Waals surface area contributed by atoms with E-state index in [4.69, 9.17) is 9.47 Å². The van der Waals surface area contributed by atoms with Gasteiger partial charge in [-0.05, 0) is 0 Å². The van der Waals surface area contributed by atoms with E-state index < -0.39 is 5.79 Å². The van der Waals surface area contributed by atoms with E-state index in [1.54, 1.807) is 6.08 Å². The molecule has 1 aliphatic heterocycles. The number of ether oxygens (including phenoxy) is 2. The molecule has 0 saturated carbocycles. The van der Waals surface area contributed by atoms with E-state index in [0.717, 1.165) is 5.56 Å². The quantitative estimate of drug-likeness (QED) is 0.640. The van der Waals surface area contributed by atoms with Crippen LogP contribution in [0.4, 0.5) is 0 Å². The molecule has 66 valence electrons. The molecule has 1 fully saturated rings. The lowest BCUT2D eigenvalue weighted by atomic mass is 10.0. The van der Waals surface area contributed by atoms with Gasteiger partial charge in [-0.3, -0.25) is 0 Å². The van der Waals surface area contributed by atoms with E-state index >= 15 is 0 Å². The minimum Gasteiger partial charge on any atom is -0.315 e. The number of hydrogen-bond acceptors (Lipinski definition) is 2. The van der Waals surface area contributed by atoms with Crippen molar-refractivity contribution in [3.8, 4) is 0 Å². The first-order chi connectivity index (χ1) is 6.37. The van der Waals surface area contributed by atoms with E-state index in [-0.39, 0.29) is 0 Å². The Labute approximate surface area is 77.1 Å². The van der Waals surface area contributed by atoms with Gasteiger partial charge in [0.25, 0.3) is 0 Å². The van der Waals surface area contributed by atoms with Crippen molar-refractivity contribution >= 4 is 0 Å². The number of hydrogen-bond donors (Lipinski definition) is 0. The van der Waals surface area contributed by atoms with Crippen molar-refractivity contribution in [3.05, 3.63) is 54.3 Å². The predicted molar refractivity (Wildman–Crippen MR) is 48.9 cm³/mol. The molecule has 0 aromatic heterocycles. The van der Waals surface area contributed by atoms with Crippen LogP contribution in [0.1, 0.15) is 5.56 Å². The lowest BCUT2D eigenvalue weighted by molar-refractivity contribution is -0.382. The first-order valence-electron chi connectivity index (χ1n) is 4.08. The maximum Gasteiger partial charge on any atom is 0.226 e. The van der Waals surface area contributed by atoms with Crippen molar-refractivity contribution < 1.29 is 9.47 Å². The van der Waals surface area contributed by atoms with Crippen molar-refractivity contribution in [1.29, 1.82) is 0 Å². The normalized spacial score (nSPS) is 18.5. The average molecular weight is 174 g/mol. The molecule has 0 aliphatic carbocycles. The molecular weight excluding hydrogens is 164 g/mol. The lowest BCUT2D eigenvalue weighted by Gasteiger charge is -2.38. The van der Waals surface area contributed by atoms with Gasteiger partial charge in [0.1, 0.15) is 0 Å². The second kappa shape index (κ2) is 3.19. The van der Waals surface area contributed by atoms with Gasteiger partial charge in [-0.25, -0.2) is 0 Å². The summed E-state index contributed by atoms with van der Waals surface area (Å²) in [5.74, 6) is -0.733. The topological polar surface area (TPSA) is 18.5 Å². The molecule has 0 radical (unpaired) electrons. The molecule has 0 spiro atoms. The molecule has 1 aromatic carbocycles. The molecule has 0 bridgehead atoms. The molecule has 1 aromatic rings. The van der Waals surface area contributed by atoms with E-state index in [9.17, 15) is 0 Å². The Morgan fingerprint density at radius 1 is 1.31 bits per heavy atom. The van der Waals surface area contributed by atoms with Gasteiger partial charge >= 0.3 is 0 Å². The Hall–Kier alpha value is -1.34. The molecule has 0 atom stereocenters. The summed E-state index contributed by atoms with van der Waals surface area (Å²) in [5, 5.41) is 0. The van der Waals surface area contributed by atoms with Crippen LogP contribution in [0.5, 0.6) is 0 Å². The van der Waals surface area contributed by atoms with Crippen molar-refractivity contribution in [2.24, 2.45) is 0 Å². The monoisotopic (exact) mass is 174 g/mol. The fourth-order valence-corrected chi connectivity index (χ4v) is 1.32. The summed E-state index contributed by atoms with van der Waals surface area (Å²) < 4.78 is 10.7. The van der Waals surface area contributed by atoms with Crippen molar-refractivity contribution in [1.82, 2.24) is 0 Å². The average Bonchev–Trinajstić information content (AvgIpc) is 2.13. The Bertz CT molecular complexity index is 332.